The number of fused-ring (bicyclic) bond motifs is 1. The average Bonchev–Trinajstić information content (AvgIpc) is 2.89. The van der Waals surface area contributed by atoms with E-state index in [9.17, 15) is 19.5 Å². The van der Waals surface area contributed by atoms with E-state index in [1.165, 1.54) is 0 Å². The maximum Gasteiger partial charge on any atom is 0.329 e. The first-order valence-electron chi connectivity index (χ1n) is 5.41. The van der Waals surface area contributed by atoms with Crippen LogP contribution < -0.4 is 11.1 Å². The third-order valence-electron chi connectivity index (χ3n) is 3.82. The van der Waals surface area contributed by atoms with E-state index in [1.807, 2.05) is 0 Å². The van der Waals surface area contributed by atoms with Gasteiger partial charge in [0, 0.05) is 5.92 Å². The van der Waals surface area contributed by atoms with Crippen LogP contribution in [0.1, 0.15) is 12.8 Å². The van der Waals surface area contributed by atoms with Crippen LogP contribution in [0.25, 0.3) is 0 Å². The third kappa shape index (κ3) is 1.57. The summed E-state index contributed by atoms with van der Waals surface area (Å²) in [5.74, 6) is -4.03. The Bertz CT molecular complexity index is 396. The number of carboxylic acid groups (broad SMARTS) is 2. The van der Waals surface area contributed by atoms with Gasteiger partial charge in [-0.25, -0.2) is 4.79 Å². The van der Waals surface area contributed by atoms with E-state index < -0.39 is 35.2 Å². The number of rotatable bonds is 4. The van der Waals surface area contributed by atoms with Gasteiger partial charge in [-0.15, -0.1) is 0 Å². The Labute approximate surface area is 97.0 Å². The first-order chi connectivity index (χ1) is 7.94. The zero-order chi connectivity index (χ0) is 12.8. The summed E-state index contributed by atoms with van der Waals surface area (Å²) in [4.78, 5) is 33.5. The fourth-order valence-electron chi connectivity index (χ4n) is 3.05. The van der Waals surface area contributed by atoms with Crippen molar-refractivity contribution in [3.05, 3.63) is 0 Å². The van der Waals surface area contributed by atoms with Crippen LogP contribution in [0, 0.1) is 17.8 Å². The fourth-order valence-corrected chi connectivity index (χ4v) is 3.05. The van der Waals surface area contributed by atoms with Gasteiger partial charge in [-0.3, -0.25) is 9.59 Å². The average molecular weight is 242 g/mol. The zero-order valence-corrected chi connectivity index (χ0v) is 9.05. The summed E-state index contributed by atoms with van der Waals surface area (Å²) < 4.78 is 0. The molecule has 0 unspecified atom stereocenters. The Morgan fingerprint density at radius 2 is 2.00 bits per heavy atom. The lowest BCUT2D eigenvalue weighted by Gasteiger charge is -2.28. The molecule has 2 aliphatic carbocycles. The fraction of sp³-hybridized carbons (Fsp3) is 0.700. The van der Waals surface area contributed by atoms with Gasteiger partial charge in [0.15, 0.2) is 0 Å². The van der Waals surface area contributed by atoms with Crippen LogP contribution in [-0.2, 0) is 14.4 Å². The predicted octanol–water partition coefficient (Wildman–Crippen LogP) is -1.37. The van der Waals surface area contributed by atoms with E-state index in [0.29, 0.717) is 6.42 Å². The highest BCUT2D eigenvalue weighted by atomic mass is 16.4. The van der Waals surface area contributed by atoms with Gasteiger partial charge >= 0.3 is 11.9 Å². The summed E-state index contributed by atoms with van der Waals surface area (Å²) >= 11 is 0. The van der Waals surface area contributed by atoms with Gasteiger partial charge in [-0.05, 0) is 18.8 Å². The first-order valence-corrected chi connectivity index (χ1v) is 5.41. The summed E-state index contributed by atoms with van der Waals surface area (Å²) in [5.41, 5.74) is 3.70. The van der Waals surface area contributed by atoms with E-state index in [1.54, 1.807) is 0 Å². The minimum absolute atomic E-state index is 0.137. The quantitative estimate of drug-likeness (QED) is 0.481. The first kappa shape index (κ1) is 11.8. The highest BCUT2D eigenvalue weighted by Crippen LogP contribution is 2.62. The molecule has 5 N–H and O–H groups in total. The van der Waals surface area contributed by atoms with Crippen LogP contribution in [0.5, 0.6) is 0 Å². The molecule has 17 heavy (non-hydrogen) atoms. The minimum Gasteiger partial charge on any atom is -0.481 e. The van der Waals surface area contributed by atoms with Crippen molar-refractivity contribution in [2.45, 2.75) is 18.4 Å². The van der Waals surface area contributed by atoms with Crippen molar-refractivity contribution in [3.63, 3.8) is 0 Å². The topological polar surface area (TPSA) is 130 Å². The van der Waals surface area contributed by atoms with Gasteiger partial charge in [-0.1, -0.05) is 0 Å². The Kier molecular flexibility index (Phi) is 2.57. The van der Waals surface area contributed by atoms with Gasteiger partial charge < -0.3 is 21.3 Å². The molecule has 4 atom stereocenters. The molecular formula is C10H14N2O5. The SMILES string of the molecule is NCC(=O)N[C@@]1(C(=O)O)CC[C@H]2[C@H](C(=O)O)[C@H]21. The van der Waals surface area contributed by atoms with E-state index in [2.05, 4.69) is 5.32 Å². The maximum absolute atomic E-state index is 11.3. The van der Waals surface area contributed by atoms with Crippen molar-refractivity contribution in [2.24, 2.45) is 23.5 Å². The molecule has 0 saturated heterocycles. The minimum atomic E-state index is -1.44. The number of nitrogens with two attached hydrogens (primary N) is 1. The molecule has 0 bridgehead atoms. The monoisotopic (exact) mass is 242 g/mol. The number of hydrogen-bond acceptors (Lipinski definition) is 4. The molecule has 7 heteroatoms. The number of aliphatic carboxylic acids is 2. The van der Waals surface area contributed by atoms with Crippen LogP contribution in [0.2, 0.25) is 0 Å². The highest BCUT2D eigenvalue weighted by molar-refractivity contribution is 5.91. The van der Waals surface area contributed by atoms with Gasteiger partial charge in [-0.2, -0.15) is 0 Å². The lowest BCUT2D eigenvalue weighted by molar-refractivity contribution is -0.149. The Morgan fingerprint density at radius 1 is 1.35 bits per heavy atom. The number of carbonyl (C=O) groups is 3. The lowest BCUT2D eigenvalue weighted by Crippen LogP contribution is -2.57. The molecule has 0 aromatic rings. The molecule has 0 aliphatic heterocycles. The third-order valence-corrected chi connectivity index (χ3v) is 3.82. The lowest BCUT2D eigenvalue weighted by atomic mass is 9.90. The van der Waals surface area contributed by atoms with E-state index in [-0.39, 0.29) is 18.9 Å². The summed E-state index contributed by atoms with van der Waals surface area (Å²) in [6.45, 7) is -0.301. The summed E-state index contributed by atoms with van der Waals surface area (Å²) in [7, 11) is 0. The standard InChI is InChI=1S/C10H14N2O5/c11-3-5(13)12-10(9(16)17)2-1-4-6(7(4)10)8(14)15/h4,6-7H,1-3,11H2,(H,12,13)(H,14,15)(H,16,17)/t4-,6-,7-,10-/m0/s1. The maximum atomic E-state index is 11.3. The van der Waals surface area contributed by atoms with E-state index in [0.717, 1.165) is 0 Å². The van der Waals surface area contributed by atoms with Gasteiger partial charge in [0.05, 0.1) is 12.5 Å². The van der Waals surface area contributed by atoms with Crippen molar-refractivity contribution in [1.82, 2.24) is 5.32 Å². The number of amides is 1. The van der Waals surface area contributed by atoms with Crippen LogP contribution in [-0.4, -0.2) is 40.1 Å². The Balaban J connectivity index is 2.22. The molecule has 0 radical (unpaired) electrons. The van der Waals surface area contributed by atoms with Crippen molar-refractivity contribution >= 4 is 17.8 Å². The highest BCUT2D eigenvalue weighted by Gasteiger charge is 2.71. The number of carbonyl (C=O) groups excluding carboxylic acids is 1. The molecule has 2 aliphatic rings. The molecule has 0 heterocycles. The smallest absolute Gasteiger partial charge is 0.329 e. The number of carboxylic acids is 2. The Hall–Kier alpha value is -1.63. The number of hydrogen-bond donors (Lipinski definition) is 4. The Morgan fingerprint density at radius 3 is 2.41 bits per heavy atom. The molecular weight excluding hydrogens is 228 g/mol. The zero-order valence-electron chi connectivity index (χ0n) is 9.05. The summed E-state index contributed by atoms with van der Waals surface area (Å²) in [6.07, 6.45) is 0.784. The molecule has 2 saturated carbocycles. The van der Waals surface area contributed by atoms with E-state index in [4.69, 9.17) is 10.8 Å². The molecule has 1 amide bonds. The van der Waals surface area contributed by atoms with Crippen LogP contribution >= 0.6 is 0 Å². The molecule has 2 rings (SSSR count). The van der Waals surface area contributed by atoms with Crippen LogP contribution in [0.15, 0.2) is 0 Å². The molecule has 0 aromatic heterocycles. The van der Waals surface area contributed by atoms with Crippen molar-refractivity contribution in [2.75, 3.05) is 6.54 Å². The van der Waals surface area contributed by atoms with Gasteiger partial charge in [0.2, 0.25) is 5.91 Å². The second-order valence-electron chi connectivity index (χ2n) is 4.62. The van der Waals surface area contributed by atoms with Crippen molar-refractivity contribution in [3.8, 4) is 0 Å². The molecule has 7 nitrogen and oxygen atoms in total. The second-order valence-corrected chi connectivity index (χ2v) is 4.62. The number of nitrogens with one attached hydrogen (secondary N) is 1. The van der Waals surface area contributed by atoms with Crippen molar-refractivity contribution < 1.29 is 24.6 Å². The van der Waals surface area contributed by atoms with Gasteiger partial charge in [0.25, 0.3) is 0 Å². The predicted molar refractivity (Wildman–Crippen MR) is 54.9 cm³/mol. The molecule has 0 spiro atoms. The molecule has 0 aromatic carbocycles. The molecule has 2 fully saturated rings. The van der Waals surface area contributed by atoms with E-state index >= 15 is 0 Å². The van der Waals surface area contributed by atoms with Crippen molar-refractivity contribution in [1.29, 1.82) is 0 Å². The van der Waals surface area contributed by atoms with Crippen LogP contribution in [0.4, 0.5) is 0 Å². The largest absolute Gasteiger partial charge is 0.481 e. The normalized spacial score (nSPS) is 38.3. The second kappa shape index (κ2) is 3.69. The van der Waals surface area contributed by atoms with Crippen LogP contribution in [0.3, 0.4) is 0 Å². The summed E-state index contributed by atoms with van der Waals surface area (Å²) in [5, 5.41) is 20.6. The summed E-state index contributed by atoms with van der Waals surface area (Å²) in [6, 6.07) is 0. The van der Waals surface area contributed by atoms with Gasteiger partial charge in [0.1, 0.15) is 5.54 Å². The molecule has 94 valence electrons.